The van der Waals surface area contributed by atoms with Gasteiger partial charge in [0.05, 0.1) is 11.4 Å². The molecule has 0 saturated carbocycles. The van der Waals surface area contributed by atoms with E-state index in [-0.39, 0.29) is 5.56 Å². The Hall–Kier alpha value is -3.15. The van der Waals surface area contributed by atoms with E-state index in [0.29, 0.717) is 28.2 Å². The van der Waals surface area contributed by atoms with Crippen molar-refractivity contribution in [1.29, 1.82) is 0 Å². The maximum atomic E-state index is 12.3. The second-order valence-corrected chi connectivity index (χ2v) is 5.98. The molecule has 0 bridgehead atoms. The zero-order chi connectivity index (χ0) is 18.1. The molecule has 2 aromatic heterocycles. The van der Waals surface area contributed by atoms with Gasteiger partial charge in [0.25, 0.3) is 5.56 Å². The molecular weight excluding hydrogens is 316 g/mol. The lowest BCUT2D eigenvalue weighted by atomic mass is 10.0. The number of benzene rings is 1. The molecule has 128 valence electrons. The minimum absolute atomic E-state index is 0.142. The van der Waals surface area contributed by atoms with E-state index in [1.54, 1.807) is 23.7 Å². The number of carbonyl (C=O) groups excluding carboxylic acids is 1. The summed E-state index contributed by atoms with van der Waals surface area (Å²) in [6.45, 7) is 5.67. The summed E-state index contributed by atoms with van der Waals surface area (Å²) in [6.07, 6.45) is 0.746. The topological polar surface area (TPSA) is 93.8 Å². The van der Waals surface area contributed by atoms with Crippen molar-refractivity contribution in [1.82, 2.24) is 14.8 Å². The lowest BCUT2D eigenvalue weighted by molar-refractivity contribution is 0.100. The number of nitrogens with zero attached hydrogens (tertiary/aromatic N) is 2. The predicted molar refractivity (Wildman–Crippen MR) is 97.0 cm³/mol. The molecular formula is C19H20N4O2. The third-order valence-corrected chi connectivity index (χ3v) is 4.28. The van der Waals surface area contributed by atoms with E-state index in [1.807, 2.05) is 38.1 Å². The zero-order valence-corrected chi connectivity index (χ0v) is 14.5. The number of rotatable bonds is 4. The molecule has 0 unspecified atom stereocenters. The molecule has 0 fully saturated rings. The van der Waals surface area contributed by atoms with Crippen molar-refractivity contribution in [2.24, 2.45) is 5.73 Å². The fraction of sp³-hybridized carbons (Fsp3) is 0.211. The summed E-state index contributed by atoms with van der Waals surface area (Å²) in [5.41, 5.74) is 9.59. The zero-order valence-electron chi connectivity index (χ0n) is 14.5. The molecule has 0 spiro atoms. The summed E-state index contributed by atoms with van der Waals surface area (Å²) in [5, 5.41) is 4.50. The quantitative estimate of drug-likeness (QED) is 0.766. The van der Waals surface area contributed by atoms with Crippen LogP contribution in [0.1, 0.15) is 34.1 Å². The molecule has 0 aliphatic carbocycles. The third kappa shape index (κ3) is 2.98. The van der Waals surface area contributed by atoms with Crippen molar-refractivity contribution in [3.63, 3.8) is 0 Å². The van der Waals surface area contributed by atoms with Gasteiger partial charge in [-0.25, -0.2) is 4.68 Å². The number of nitrogens with two attached hydrogens (primary N) is 1. The molecule has 2 heterocycles. The molecule has 6 nitrogen and oxygen atoms in total. The van der Waals surface area contributed by atoms with Crippen LogP contribution in [0.15, 0.2) is 41.2 Å². The second-order valence-electron chi connectivity index (χ2n) is 5.98. The van der Waals surface area contributed by atoms with E-state index in [4.69, 9.17) is 5.73 Å². The standard InChI is InChI=1S/C19H20N4O2/c1-4-13-10-17(21-19(25)12(13)3)23-16(9-11(2)22-23)14-7-5-6-8-15(14)18(20)24/h5-10H,4H2,1-3H3,(H2,20,24)(H,21,25). The molecule has 0 aliphatic heterocycles. The van der Waals surface area contributed by atoms with Gasteiger partial charge in [0.1, 0.15) is 5.82 Å². The Morgan fingerprint density at radius 3 is 2.64 bits per heavy atom. The first-order valence-electron chi connectivity index (χ1n) is 8.11. The van der Waals surface area contributed by atoms with Crippen molar-refractivity contribution in [2.75, 3.05) is 0 Å². The Morgan fingerprint density at radius 2 is 1.96 bits per heavy atom. The largest absolute Gasteiger partial charge is 0.366 e. The van der Waals surface area contributed by atoms with Gasteiger partial charge in [-0.3, -0.25) is 9.59 Å². The maximum Gasteiger partial charge on any atom is 0.252 e. The highest BCUT2D eigenvalue weighted by atomic mass is 16.1. The summed E-state index contributed by atoms with van der Waals surface area (Å²) in [7, 11) is 0. The summed E-state index contributed by atoms with van der Waals surface area (Å²) in [6, 6.07) is 10.9. The van der Waals surface area contributed by atoms with Gasteiger partial charge >= 0.3 is 0 Å². The maximum absolute atomic E-state index is 12.3. The third-order valence-electron chi connectivity index (χ3n) is 4.28. The number of primary amides is 1. The van der Waals surface area contributed by atoms with Crippen LogP contribution in [0.2, 0.25) is 0 Å². The van der Waals surface area contributed by atoms with Gasteiger partial charge in [-0.05, 0) is 44.0 Å². The van der Waals surface area contributed by atoms with E-state index in [9.17, 15) is 9.59 Å². The van der Waals surface area contributed by atoms with Crippen LogP contribution in [0.3, 0.4) is 0 Å². The molecule has 1 amide bonds. The Morgan fingerprint density at radius 1 is 1.24 bits per heavy atom. The molecule has 0 aliphatic rings. The number of carbonyl (C=O) groups is 1. The molecule has 1 aromatic carbocycles. The average molecular weight is 336 g/mol. The number of aromatic amines is 1. The highest BCUT2D eigenvalue weighted by Gasteiger charge is 2.17. The minimum atomic E-state index is -0.507. The molecule has 0 saturated heterocycles. The Balaban J connectivity index is 2.27. The molecule has 6 heteroatoms. The van der Waals surface area contributed by atoms with Gasteiger partial charge in [-0.1, -0.05) is 25.1 Å². The monoisotopic (exact) mass is 336 g/mol. The van der Waals surface area contributed by atoms with E-state index >= 15 is 0 Å². The van der Waals surface area contributed by atoms with Gasteiger partial charge in [-0.15, -0.1) is 0 Å². The van der Waals surface area contributed by atoms with E-state index in [1.165, 1.54) is 0 Å². The summed E-state index contributed by atoms with van der Waals surface area (Å²) in [5.74, 6) is 0.0578. The predicted octanol–water partition coefficient (Wildman–Crippen LogP) is 2.51. The van der Waals surface area contributed by atoms with Gasteiger partial charge in [0, 0.05) is 16.7 Å². The molecule has 0 radical (unpaired) electrons. The average Bonchev–Trinajstić information content (AvgIpc) is 2.98. The first kappa shape index (κ1) is 16.7. The fourth-order valence-electron chi connectivity index (χ4n) is 2.94. The molecule has 3 aromatic rings. The molecule has 3 N–H and O–H groups in total. The van der Waals surface area contributed by atoms with Crippen molar-refractivity contribution >= 4 is 5.91 Å². The number of aromatic nitrogens is 3. The van der Waals surface area contributed by atoms with Crippen LogP contribution in [0.25, 0.3) is 17.1 Å². The lowest BCUT2D eigenvalue weighted by Crippen LogP contribution is -2.17. The second kappa shape index (κ2) is 6.39. The van der Waals surface area contributed by atoms with Gasteiger partial charge < -0.3 is 10.7 Å². The Kier molecular flexibility index (Phi) is 4.27. The van der Waals surface area contributed by atoms with Crippen molar-refractivity contribution < 1.29 is 4.79 Å². The number of amides is 1. The smallest absolute Gasteiger partial charge is 0.252 e. The van der Waals surface area contributed by atoms with E-state index in [2.05, 4.69) is 10.1 Å². The number of hydrogen-bond acceptors (Lipinski definition) is 3. The van der Waals surface area contributed by atoms with Gasteiger partial charge in [0.15, 0.2) is 0 Å². The highest BCUT2D eigenvalue weighted by molar-refractivity contribution is 5.99. The van der Waals surface area contributed by atoms with Crippen molar-refractivity contribution in [3.8, 4) is 17.1 Å². The summed E-state index contributed by atoms with van der Waals surface area (Å²) < 4.78 is 1.65. The molecule has 3 rings (SSSR count). The highest BCUT2D eigenvalue weighted by Crippen LogP contribution is 2.26. The van der Waals surface area contributed by atoms with Crippen LogP contribution in [-0.4, -0.2) is 20.7 Å². The van der Waals surface area contributed by atoms with E-state index in [0.717, 1.165) is 17.7 Å². The fourth-order valence-corrected chi connectivity index (χ4v) is 2.94. The summed E-state index contributed by atoms with van der Waals surface area (Å²) >= 11 is 0. The Bertz CT molecular complexity index is 1010. The lowest BCUT2D eigenvalue weighted by Gasteiger charge is -2.12. The van der Waals surface area contributed by atoms with Crippen molar-refractivity contribution in [3.05, 3.63) is 69.1 Å². The number of pyridine rings is 1. The minimum Gasteiger partial charge on any atom is -0.366 e. The number of aryl methyl sites for hydroxylation is 2. The van der Waals surface area contributed by atoms with Crippen LogP contribution in [-0.2, 0) is 6.42 Å². The van der Waals surface area contributed by atoms with Crippen LogP contribution in [0, 0.1) is 13.8 Å². The van der Waals surface area contributed by atoms with Gasteiger partial charge in [0.2, 0.25) is 5.91 Å². The van der Waals surface area contributed by atoms with Crippen LogP contribution in [0.5, 0.6) is 0 Å². The first-order chi connectivity index (χ1) is 11.9. The van der Waals surface area contributed by atoms with Crippen LogP contribution >= 0.6 is 0 Å². The normalized spacial score (nSPS) is 10.8. The Labute approximate surface area is 145 Å². The SMILES string of the molecule is CCc1cc(-n2nc(C)cc2-c2ccccc2C(N)=O)[nH]c(=O)c1C. The number of nitrogens with one attached hydrogen (secondary N) is 1. The van der Waals surface area contributed by atoms with Gasteiger partial charge in [-0.2, -0.15) is 5.10 Å². The van der Waals surface area contributed by atoms with E-state index < -0.39 is 5.91 Å². The number of H-pyrrole nitrogens is 1. The summed E-state index contributed by atoms with van der Waals surface area (Å²) in [4.78, 5) is 26.9. The van der Waals surface area contributed by atoms with Crippen LogP contribution < -0.4 is 11.3 Å². The molecule has 25 heavy (non-hydrogen) atoms. The number of hydrogen-bond donors (Lipinski definition) is 2. The van der Waals surface area contributed by atoms with Crippen molar-refractivity contribution in [2.45, 2.75) is 27.2 Å². The van der Waals surface area contributed by atoms with Crippen LogP contribution in [0.4, 0.5) is 0 Å². The molecule has 0 atom stereocenters. The first-order valence-corrected chi connectivity index (χ1v) is 8.11.